The molecule has 53 heavy (non-hydrogen) atoms. The van der Waals surface area contributed by atoms with Gasteiger partial charge in [-0.05, 0) is 98.5 Å². The molecular formula is C40H66N2O10Si. The van der Waals surface area contributed by atoms with Gasteiger partial charge in [-0.2, -0.15) is 0 Å². The average molecular weight is 763 g/mol. The van der Waals surface area contributed by atoms with Crippen LogP contribution in [0, 0.1) is 22.2 Å². The number of ether oxygens (including phenoxy) is 4. The Labute approximate surface area is 318 Å². The number of carbonyl (C=O) groups excluding carboxylic acids is 5. The number of benzene rings is 1. The van der Waals surface area contributed by atoms with E-state index >= 15 is 0 Å². The minimum Gasteiger partial charge on any atom is -0.465 e. The Hall–Kier alpha value is -3.29. The zero-order chi connectivity index (χ0) is 40.7. The normalized spacial score (nSPS) is 20.5. The van der Waals surface area contributed by atoms with Crippen molar-refractivity contribution in [2.45, 2.75) is 152 Å². The Morgan fingerprint density at radius 2 is 1.43 bits per heavy atom. The number of nitrogens with one attached hydrogen (secondary N) is 1. The number of nitrogens with zero attached hydrogens (tertiary/aromatic N) is 1. The number of hydrogen-bond donors (Lipinski definition) is 1. The summed E-state index contributed by atoms with van der Waals surface area (Å²) in [6.45, 7) is 27.7. The molecule has 0 bridgehead atoms. The predicted molar refractivity (Wildman–Crippen MR) is 206 cm³/mol. The highest BCUT2D eigenvalue weighted by Crippen LogP contribution is 2.38. The fraction of sp³-hybridized carbons (Fsp3) is 0.725. The second-order valence-corrected chi connectivity index (χ2v) is 23.4. The van der Waals surface area contributed by atoms with Crippen molar-refractivity contribution in [2.75, 3.05) is 18.5 Å². The molecule has 12 nitrogen and oxygen atoms in total. The van der Waals surface area contributed by atoms with Crippen molar-refractivity contribution in [2.24, 2.45) is 22.2 Å². The Morgan fingerprint density at radius 3 is 1.94 bits per heavy atom. The molecule has 2 rings (SSSR count). The minimum absolute atomic E-state index is 0.0120. The molecule has 0 saturated carbocycles. The maximum absolute atomic E-state index is 14.2. The van der Waals surface area contributed by atoms with Crippen molar-refractivity contribution in [1.29, 1.82) is 0 Å². The average Bonchev–Trinajstić information content (AvgIpc) is 3.02. The van der Waals surface area contributed by atoms with Gasteiger partial charge in [0.25, 0.3) is 0 Å². The fourth-order valence-electron chi connectivity index (χ4n) is 5.02. The summed E-state index contributed by atoms with van der Waals surface area (Å²) >= 11 is 0. The molecule has 0 aromatic heterocycles. The zero-order valence-corrected chi connectivity index (χ0v) is 35.8. The quantitative estimate of drug-likeness (QED) is 0.0890. The monoisotopic (exact) mass is 762 g/mol. The van der Waals surface area contributed by atoms with Crippen LogP contribution in [0.4, 0.5) is 5.69 Å². The Bertz CT molecular complexity index is 1430. The lowest BCUT2D eigenvalue weighted by Gasteiger charge is -2.46. The van der Waals surface area contributed by atoms with Crippen LogP contribution in [0.5, 0.6) is 0 Å². The summed E-state index contributed by atoms with van der Waals surface area (Å²) in [4.78, 5) is 68.2. The van der Waals surface area contributed by atoms with Gasteiger partial charge >= 0.3 is 17.9 Å². The summed E-state index contributed by atoms with van der Waals surface area (Å²) in [7, 11) is -2.11. The van der Waals surface area contributed by atoms with Gasteiger partial charge in [0.15, 0.2) is 20.6 Å². The molecule has 0 radical (unpaired) electrons. The van der Waals surface area contributed by atoms with Crippen LogP contribution in [0.3, 0.4) is 0 Å². The molecule has 1 aliphatic rings. The second kappa shape index (κ2) is 17.9. The molecule has 2 amide bonds. The van der Waals surface area contributed by atoms with Gasteiger partial charge in [-0.15, -0.1) is 0 Å². The summed E-state index contributed by atoms with van der Waals surface area (Å²) in [6, 6.07) is 6.31. The smallest absolute Gasteiger partial charge is 0.311 e. The highest BCUT2D eigenvalue weighted by Gasteiger charge is 2.51. The van der Waals surface area contributed by atoms with E-state index in [0.29, 0.717) is 25.1 Å². The van der Waals surface area contributed by atoms with Crippen LogP contribution in [0.15, 0.2) is 24.3 Å². The second-order valence-electron chi connectivity index (χ2n) is 18.6. The fourth-order valence-corrected chi connectivity index (χ4v) is 5.97. The Morgan fingerprint density at radius 1 is 0.887 bits per heavy atom. The number of anilines is 1. The highest BCUT2D eigenvalue weighted by molar-refractivity contribution is 6.74. The third-order valence-electron chi connectivity index (χ3n) is 9.67. The van der Waals surface area contributed by atoms with Gasteiger partial charge in [-0.3, -0.25) is 24.0 Å². The van der Waals surface area contributed by atoms with Crippen LogP contribution < -0.4 is 5.32 Å². The Balaban J connectivity index is 2.60. The summed E-state index contributed by atoms with van der Waals surface area (Å²) in [5.41, 5.74) is -1.38. The molecule has 5 atom stereocenters. The van der Waals surface area contributed by atoms with E-state index in [1.54, 1.807) is 68.4 Å². The molecule has 1 fully saturated rings. The third kappa shape index (κ3) is 12.6. The van der Waals surface area contributed by atoms with Gasteiger partial charge in [0.2, 0.25) is 12.3 Å². The van der Waals surface area contributed by atoms with Crippen molar-refractivity contribution in [3.05, 3.63) is 29.8 Å². The number of para-hydroxylation sites is 1. The van der Waals surface area contributed by atoms with Gasteiger partial charge in [-0.25, -0.2) is 0 Å². The van der Waals surface area contributed by atoms with Crippen LogP contribution in [0.1, 0.15) is 108 Å². The summed E-state index contributed by atoms with van der Waals surface area (Å²) in [5, 5.41) is 3.01. The highest BCUT2D eigenvalue weighted by atomic mass is 28.4. The topological polar surface area (TPSA) is 147 Å². The van der Waals surface area contributed by atoms with E-state index in [1.165, 1.54) is 4.90 Å². The van der Waals surface area contributed by atoms with Crippen LogP contribution >= 0.6 is 0 Å². The van der Waals surface area contributed by atoms with Gasteiger partial charge in [0.1, 0.15) is 18.8 Å². The van der Waals surface area contributed by atoms with Gasteiger partial charge in [0.05, 0.1) is 35.4 Å². The lowest BCUT2D eigenvalue weighted by molar-refractivity contribution is -0.241. The van der Waals surface area contributed by atoms with E-state index < -0.39 is 78.8 Å². The number of esters is 3. The van der Waals surface area contributed by atoms with Crippen molar-refractivity contribution < 1.29 is 47.3 Å². The van der Waals surface area contributed by atoms with Crippen LogP contribution in [0.25, 0.3) is 0 Å². The molecule has 300 valence electrons. The van der Waals surface area contributed by atoms with E-state index in [-0.39, 0.29) is 24.7 Å². The Kier molecular flexibility index (Phi) is 15.5. The molecule has 1 aromatic rings. The zero-order valence-electron chi connectivity index (χ0n) is 34.8. The van der Waals surface area contributed by atoms with Crippen LogP contribution in [-0.4, -0.2) is 81.1 Å². The van der Waals surface area contributed by atoms with Gasteiger partial charge < -0.3 is 33.6 Å². The van der Waals surface area contributed by atoms with E-state index in [9.17, 15) is 24.0 Å². The summed E-state index contributed by atoms with van der Waals surface area (Å²) in [6.07, 6.45) is -2.31. The van der Waals surface area contributed by atoms with Crippen LogP contribution in [0.2, 0.25) is 18.1 Å². The number of amides is 2. The molecule has 13 heteroatoms. The molecular weight excluding hydrogens is 697 g/mol. The molecule has 0 aliphatic carbocycles. The summed E-state index contributed by atoms with van der Waals surface area (Å²) < 4.78 is 30.5. The maximum atomic E-state index is 14.2. The minimum atomic E-state index is -2.11. The standard InChI is InChI=1S/C40H66N2O10Si/c1-16-19-29(32(44)41-28-21-18-17-20-26(28)22-50-53(14,15)40(11,12)13)42(25-43)33-31(52-36(47)39(8,9)10)27(23-49-34(45)37(2,3)4)30(24-48-33)51-35(46)38(5,6)7/h17-18,20-21,25,27,29-31,33H,16,19,22-24H2,1-15H3,(H,41,44)/t27-,29+,30-,31+,33+/m1/s1. The number of carbonyl (C=O) groups is 5. The van der Waals surface area contributed by atoms with E-state index in [0.717, 1.165) is 5.56 Å². The molecule has 1 N–H and O–H groups in total. The van der Waals surface area contributed by atoms with E-state index in [4.69, 9.17) is 23.4 Å². The van der Waals surface area contributed by atoms with Gasteiger partial charge in [-0.1, -0.05) is 52.3 Å². The maximum Gasteiger partial charge on any atom is 0.311 e. The number of rotatable bonds is 14. The van der Waals surface area contributed by atoms with Crippen molar-refractivity contribution in [1.82, 2.24) is 4.90 Å². The lowest BCUT2D eigenvalue weighted by Crippen LogP contribution is -2.63. The predicted octanol–water partition coefficient (Wildman–Crippen LogP) is 7.25. The van der Waals surface area contributed by atoms with Crippen molar-refractivity contribution >= 4 is 44.2 Å². The van der Waals surface area contributed by atoms with Crippen molar-refractivity contribution in [3.63, 3.8) is 0 Å². The molecule has 0 spiro atoms. The first kappa shape index (κ1) is 45.9. The van der Waals surface area contributed by atoms with Gasteiger partial charge in [0, 0.05) is 5.69 Å². The number of hydrogen-bond acceptors (Lipinski definition) is 10. The third-order valence-corrected chi connectivity index (χ3v) is 14.1. The van der Waals surface area contributed by atoms with E-state index in [1.807, 2.05) is 25.1 Å². The SMILES string of the molecule is CCC[C@@H](C(=O)Nc1ccccc1CO[Si](C)(C)C(C)(C)C)N(C=O)[C@H]1OC[C@@H](OC(=O)C(C)(C)C)[C@@H](COC(=O)C(C)(C)C)[C@@H]1OC(=O)C(C)(C)C. The molecule has 1 saturated heterocycles. The largest absolute Gasteiger partial charge is 0.465 e. The first-order valence-electron chi connectivity index (χ1n) is 18.6. The van der Waals surface area contributed by atoms with E-state index in [2.05, 4.69) is 39.2 Å². The van der Waals surface area contributed by atoms with Crippen LogP contribution in [-0.2, 0) is 54.0 Å². The summed E-state index contributed by atoms with van der Waals surface area (Å²) in [5.74, 6) is -3.10. The molecule has 1 aliphatic heterocycles. The lowest BCUT2D eigenvalue weighted by atomic mass is 9.89. The first-order chi connectivity index (χ1) is 24.2. The molecule has 0 unspecified atom stereocenters. The molecule has 1 aromatic carbocycles. The van der Waals surface area contributed by atoms with Crippen molar-refractivity contribution in [3.8, 4) is 0 Å². The first-order valence-corrected chi connectivity index (χ1v) is 21.5. The molecule has 1 heterocycles.